The van der Waals surface area contributed by atoms with Gasteiger partial charge in [-0.3, -0.25) is 4.57 Å². The van der Waals surface area contributed by atoms with Gasteiger partial charge in [0.15, 0.2) is 0 Å². The third-order valence-electron chi connectivity index (χ3n) is 3.39. The van der Waals surface area contributed by atoms with Crippen molar-refractivity contribution in [2.75, 3.05) is 33.1 Å². The minimum absolute atomic E-state index is 0.332. The number of hydrogen-bond donors (Lipinski definition) is 0. The van der Waals surface area contributed by atoms with Gasteiger partial charge in [-0.05, 0) is 52.4 Å². The molecule has 0 saturated carbocycles. The normalized spacial score (nSPS) is 11.1. The van der Waals surface area contributed by atoms with Crippen LogP contribution in [0.5, 0.6) is 0 Å². The van der Waals surface area contributed by atoms with Gasteiger partial charge in [0.25, 0.3) is 0 Å². The first-order chi connectivity index (χ1) is 12.7. The molecule has 0 aromatic rings. The predicted molar refractivity (Wildman–Crippen MR) is 105 cm³/mol. The van der Waals surface area contributed by atoms with Gasteiger partial charge in [0.2, 0.25) is 0 Å². The van der Waals surface area contributed by atoms with E-state index in [2.05, 4.69) is 13.2 Å². The Hall–Kier alpha value is -1.43. The molecule has 0 spiro atoms. The Labute approximate surface area is 162 Å². The van der Waals surface area contributed by atoms with Gasteiger partial charge in [-0.2, -0.15) is 0 Å². The zero-order valence-corrected chi connectivity index (χ0v) is 17.7. The SMILES string of the molecule is C=C(C)C(=O)OCCCCCOP(C)(=O)OCCCCCOC(=O)C(=C)C. The van der Waals surface area contributed by atoms with Gasteiger partial charge in [-0.1, -0.05) is 13.2 Å². The molecule has 0 aromatic carbocycles. The minimum Gasteiger partial charge on any atom is -0.462 e. The number of esters is 2. The smallest absolute Gasteiger partial charge is 0.333 e. The topological polar surface area (TPSA) is 88.1 Å². The largest absolute Gasteiger partial charge is 0.462 e. The van der Waals surface area contributed by atoms with E-state index < -0.39 is 7.60 Å². The van der Waals surface area contributed by atoms with Crippen LogP contribution in [0.15, 0.2) is 24.3 Å². The molecule has 8 heteroatoms. The van der Waals surface area contributed by atoms with Gasteiger partial charge in [0.1, 0.15) is 0 Å². The van der Waals surface area contributed by atoms with Crippen LogP contribution in [-0.4, -0.2) is 45.0 Å². The highest BCUT2D eigenvalue weighted by molar-refractivity contribution is 7.52. The monoisotopic (exact) mass is 404 g/mol. The number of rotatable bonds is 16. The summed E-state index contributed by atoms with van der Waals surface area (Å²) >= 11 is 0. The van der Waals surface area contributed by atoms with Crippen LogP contribution >= 0.6 is 7.60 Å². The maximum atomic E-state index is 12.1. The molecule has 27 heavy (non-hydrogen) atoms. The van der Waals surface area contributed by atoms with Crippen LogP contribution in [0.25, 0.3) is 0 Å². The molecule has 0 heterocycles. The first-order valence-corrected chi connectivity index (χ1v) is 11.2. The highest BCUT2D eigenvalue weighted by Gasteiger charge is 2.16. The van der Waals surface area contributed by atoms with Gasteiger partial charge < -0.3 is 18.5 Å². The van der Waals surface area contributed by atoms with Crippen molar-refractivity contribution in [3.63, 3.8) is 0 Å². The van der Waals surface area contributed by atoms with E-state index in [1.165, 1.54) is 6.66 Å². The van der Waals surface area contributed by atoms with Crippen molar-refractivity contribution in [3.8, 4) is 0 Å². The van der Waals surface area contributed by atoms with Crippen LogP contribution in [-0.2, 0) is 32.7 Å². The first-order valence-electron chi connectivity index (χ1n) is 9.17. The molecule has 0 aliphatic rings. The van der Waals surface area contributed by atoms with Gasteiger partial charge >= 0.3 is 19.5 Å². The van der Waals surface area contributed by atoms with Crippen LogP contribution in [0, 0.1) is 0 Å². The Morgan fingerprint density at radius 3 is 1.37 bits per heavy atom. The molecule has 0 radical (unpaired) electrons. The lowest BCUT2D eigenvalue weighted by molar-refractivity contribution is -0.139. The molecule has 0 rings (SSSR count). The van der Waals surface area contributed by atoms with E-state index in [9.17, 15) is 14.2 Å². The molecule has 0 N–H and O–H groups in total. The summed E-state index contributed by atoms with van der Waals surface area (Å²) in [6.45, 7) is 13.0. The Bertz CT molecular complexity index is 498. The van der Waals surface area contributed by atoms with Gasteiger partial charge in [-0.15, -0.1) is 0 Å². The van der Waals surface area contributed by atoms with Gasteiger partial charge in [0.05, 0.1) is 26.4 Å². The average Bonchev–Trinajstić information content (AvgIpc) is 2.59. The fourth-order valence-corrected chi connectivity index (χ4v) is 2.83. The number of ether oxygens (including phenoxy) is 2. The predicted octanol–water partition coefficient (Wildman–Crippen LogP) is 4.42. The number of hydrogen-bond acceptors (Lipinski definition) is 7. The summed E-state index contributed by atoms with van der Waals surface area (Å²) in [5, 5.41) is 0. The highest BCUT2D eigenvalue weighted by atomic mass is 31.2. The first kappa shape index (κ1) is 25.6. The van der Waals surface area contributed by atoms with E-state index in [0.717, 1.165) is 12.8 Å². The third-order valence-corrected chi connectivity index (χ3v) is 4.70. The van der Waals surface area contributed by atoms with Crippen molar-refractivity contribution in [2.45, 2.75) is 52.4 Å². The van der Waals surface area contributed by atoms with Crippen molar-refractivity contribution in [1.82, 2.24) is 0 Å². The minimum atomic E-state index is -3.06. The van der Waals surface area contributed by atoms with Crippen molar-refractivity contribution in [3.05, 3.63) is 24.3 Å². The summed E-state index contributed by atoms with van der Waals surface area (Å²) < 4.78 is 32.7. The zero-order valence-electron chi connectivity index (χ0n) is 16.8. The second kappa shape index (κ2) is 14.6. The van der Waals surface area contributed by atoms with E-state index >= 15 is 0 Å². The highest BCUT2D eigenvalue weighted by Crippen LogP contribution is 2.44. The van der Waals surface area contributed by atoms with Crippen LogP contribution in [0.3, 0.4) is 0 Å². The summed E-state index contributed by atoms with van der Waals surface area (Å²) in [5.41, 5.74) is 0.769. The maximum absolute atomic E-state index is 12.1. The Balaban J connectivity index is 3.57. The number of unbranched alkanes of at least 4 members (excludes halogenated alkanes) is 4. The lowest BCUT2D eigenvalue weighted by Crippen LogP contribution is -2.06. The molecule has 0 aliphatic heterocycles. The summed E-state index contributed by atoms with van der Waals surface area (Å²) in [7, 11) is -3.06. The van der Waals surface area contributed by atoms with Crippen molar-refractivity contribution in [1.29, 1.82) is 0 Å². The second-order valence-electron chi connectivity index (χ2n) is 6.39. The fourth-order valence-electron chi connectivity index (χ4n) is 1.84. The Kier molecular flexibility index (Phi) is 13.8. The molecule has 0 atom stereocenters. The lowest BCUT2D eigenvalue weighted by atomic mass is 10.2. The number of carbonyl (C=O) groups excluding carboxylic acids is 2. The standard InChI is InChI=1S/C19H33O7P/c1-16(2)18(20)23-12-8-6-10-14-25-27(5,22)26-15-11-7-9-13-24-19(21)17(3)4/h1,3,6-15H2,2,4-5H3. The second-order valence-corrected chi connectivity index (χ2v) is 8.45. The molecule has 0 bridgehead atoms. The molecule has 0 saturated heterocycles. The zero-order chi connectivity index (χ0) is 20.7. The van der Waals surface area contributed by atoms with E-state index in [1.54, 1.807) is 13.8 Å². The van der Waals surface area contributed by atoms with E-state index in [-0.39, 0.29) is 11.9 Å². The Morgan fingerprint density at radius 2 is 1.04 bits per heavy atom. The van der Waals surface area contributed by atoms with Crippen LogP contribution in [0.2, 0.25) is 0 Å². The average molecular weight is 404 g/mol. The summed E-state index contributed by atoms with van der Waals surface area (Å²) in [4.78, 5) is 22.4. The molecular formula is C19H33O7P. The van der Waals surface area contributed by atoms with Crippen molar-refractivity contribution in [2.24, 2.45) is 0 Å². The van der Waals surface area contributed by atoms with Gasteiger partial charge in [0, 0.05) is 17.8 Å². The molecule has 0 aromatic heterocycles. The van der Waals surface area contributed by atoms with Crippen LogP contribution in [0.4, 0.5) is 0 Å². The molecule has 0 amide bonds. The van der Waals surface area contributed by atoms with E-state index in [4.69, 9.17) is 18.5 Å². The summed E-state index contributed by atoms with van der Waals surface area (Å²) in [6, 6.07) is 0. The molecule has 0 aliphatic carbocycles. The Morgan fingerprint density at radius 1 is 0.704 bits per heavy atom. The lowest BCUT2D eigenvalue weighted by Gasteiger charge is -2.14. The fraction of sp³-hybridized carbons (Fsp3) is 0.684. The third kappa shape index (κ3) is 15.3. The van der Waals surface area contributed by atoms with E-state index in [1.807, 2.05) is 0 Å². The van der Waals surface area contributed by atoms with Crippen LogP contribution < -0.4 is 0 Å². The van der Waals surface area contributed by atoms with Gasteiger partial charge in [-0.25, -0.2) is 9.59 Å². The summed E-state index contributed by atoms with van der Waals surface area (Å²) in [5.74, 6) is -0.765. The van der Waals surface area contributed by atoms with Crippen LogP contribution in [0.1, 0.15) is 52.4 Å². The molecule has 0 fully saturated rings. The van der Waals surface area contributed by atoms with Crippen molar-refractivity contribution < 1.29 is 32.7 Å². The molecular weight excluding hydrogens is 371 g/mol. The molecule has 7 nitrogen and oxygen atoms in total. The molecule has 0 unspecified atom stereocenters. The van der Waals surface area contributed by atoms with E-state index in [0.29, 0.717) is 63.3 Å². The quantitative estimate of drug-likeness (QED) is 0.163. The maximum Gasteiger partial charge on any atom is 0.333 e. The number of carbonyl (C=O) groups is 2. The summed E-state index contributed by atoms with van der Waals surface area (Å²) in [6.07, 6.45) is 4.44. The molecule has 156 valence electrons. The van der Waals surface area contributed by atoms with Crippen molar-refractivity contribution >= 4 is 19.5 Å².